The monoisotopic (exact) mass is 236 g/mol. The number of nitrogens with one attached hydrogen (secondary N) is 1. The molecule has 1 aromatic heterocycles. The van der Waals surface area contributed by atoms with Crippen molar-refractivity contribution in [2.75, 3.05) is 31.1 Å². The van der Waals surface area contributed by atoms with Gasteiger partial charge in [-0.25, -0.2) is 4.98 Å². The predicted molar refractivity (Wildman–Crippen MR) is 68.4 cm³/mol. The lowest BCUT2D eigenvalue weighted by Crippen LogP contribution is -2.46. The van der Waals surface area contributed by atoms with Gasteiger partial charge >= 0.3 is 0 Å². The van der Waals surface area contributed by atoms with Gasteiger partial charge in [0.15, 0.2) is 5.82 Å². The third-order valence-electron chi connectivity index (χ3n) is 2.87. The molecule has 0 saturated carbocycles. The van der Waals surface area contributed by atoms with E-state index in [0.29, 0.717) is 11.7 Å². The highest BCUT2D eigenvalue weighted by Gasteiger charge is 2.16. The Hall–Kier alpha value is -1.36. The van der Waals surface area contributed by atoms with Crippen molar-refractivity contribution < 1.29 is 0 Å². The van der Waals surface area contributed by atoms with Gasteiger partial charge in [0.2, 0.25) is 0 Å². The second-order valence-corrected chi connectivity index (χ2v) is 4.84. The van der Waals surface area contributed by atoms with Gasteiger partial charge in [0.25, 0.3) is 5.56 Å². The molecule has 1 fully saturated rings. The average molecular weight is 236 g/mol. The maximum Gasteiger partial charge on any atom is 0.293 e. The highest BCUT2D eigenvalue weighted by molar-refractivity contribution is 5.36. The second-order valence-electron chi connectivity index (χ2n) is 4.84. The second kappa shape index (κ2) is 5.31. The summed E-state index contributed by atoms with van der Waals surface area (Å²) in [5.41, 5.74) is 0.0306. The summed E-state index contributed by atoms with van der Waals surface area (Å²) >= 11 is 0. The third kappa shape index (κ3) is 2.85. The number of aromatic nitrogens is 2. The smallest absolute Gasteiger partial charge is 0.293 e. The summed E-state index contributed by atoms with van der Waals surface area (Å²) in [4.78, 5) is 18.5. The highest BCUT2D eigenvalue weighted by atomic mass is 16.1. The maximum atomic E-state index is 12.2. The molecule has 0 aliphatic carbocycles. The van der Waals surface area contributed by atoms with E-state index in [2.05, 4.69) is 29.0 Å². The Morgan fingerprint density at radius 2 is 2.12 bits per heavy atom. The normalized spacial score (nSPS) is 16.5. The number of nitrogens with zero attached hydrogens (tertiary/aromatic N) is 3. The first-order valence-electron chi connectivity index (χ1n) is 6.19. The van der Waals surface area contributed by atoms with Crippen LogP contribution in [0.15, 0.2) is 17.2 Å². The molecule has 5 heteroatoms. The van der Waals surface area contributed by atoms with Crippen molar-refractivity contribution in [2.45, 2.75) is 20.4 Å². The molecular formula is C12H20N4O. The SMILES string of the molecule is CC(C)Cn1ccnc(N2CCNCC2)c1=O. The Morgan fingerprint density at radius 3 is 2.76 bits per heavy atom. The van der Waals surface area contributed by atoms with Crippen LogP contribution in [0, 0.1) is 5.92 Å². The number of piperazine rings is 1. The molecule has 94 valence electrons. The molecule has 0 unspecified atom stereocenters. The van der Waals surface area contributed by atoms with E-state index in [9.17, 15) is 4.79 Å². The van der Waals surface area contributed by atoms with Crippen molar-refractivity contribution in [1.29, 1.82) is 0 Å². The van der Waals surface area contributed by atoms with Crippen molar-refractivity contribution in [3.8, 4) is 0 Å². The largest absolute Gasteiger partial charge is 0.349 e. The summed E-state index contributed by atoms with van der Waals surface area (Å²) < 4.78 is 1.76. The van der Waals surface area contributed by atoms with Crippen molar-refractivity contribution >= 4 is 5.82 Å². The number of hydrogen-bond acceptors (Lipinski definition) is 4. The van der Waals surface area contributed by atoms with Crippen LogP contribution in [-0.4, -0.2) is 35.7 Å². The summed E-state index contributed by atoms with van der Waals surface area (Å²) in [5, 5.41) is 3.27. The Kier molecular flexibility index (Phi) is 3.78. The topological polar surface area (TPSA) is 50.2 Å². The van der Waals surface area contributed by atoms with Gasteiger partial charge in [-0.1, -0.05) is 13.8 Å². The zero-order valence-electron chi connectivity index (χ0n) is 10.5. The molecule has 2 rings (SSSR count). The van der Waals surface area contributed by atoms with Crippen molar-refractivity contribution in [3.05, 3.63) is 22.7 Å². The van der Waals surface area contributed by atoms with Gasteiger partial charge in [0, 0.05) is 45.1 Å². The molecule has 1 aromatic rings. The zero-order chi connectivity index (χ0) is 12.3. The molecule has 0 radical (unpaired) electrons. The van der Waals surface area contributed by atoms with Gasteiger partial charge in [-0.15, -0.1) is 0 Å². The fraction of sp³-hybridized carbons (Fsp3) is 0.667. The molecule has 0 aromatic carbocycles. The standard InChI is InChI=1S/C12H20N4O/c1-10(2)9-16-8-5-14-11(12(16)17)15-6-3-13-4-7-15/h5,8,10,13H,3-4,6-7,9H2,1-2H3. The van der Waals surface area contributed by atoms with Crippen LogP contribution in [0.2, 0.25) is 0 Å². The van der Waals surface area contributed by atoms with Gasteiger partial charge in [-0.2, -0.15) is 0 Å². The minimum atomic E-state index is 0.0306. The summed E-state index contributed by atoms with van der Waals surface area (Å²) in [6.45, 7) is 8.51. The minimum Gasteiger partial charge on any atom is -0.349 e. The maximum absolute atomic E-state index is 12.2. The van der Waals surface area contributed by atoms with E-state index in [-0.39, 0.29) is 5.56 Å². The first kappa shape index (κ1) is 12.1. The third-order valence-corrected chi connectivity index (χ3v) is 2.87. The van der Waals surface area contributed by atoms with Crippen LogP contribution in [0.4, 0.5) is 5.82 Å². The van der Waals surface area contributed by atoms with Crippen LogP contribution in [0.1, 0.15) is 13.8 Å². The predicted octanol–water partition coefficient (Wildman–Crippen LogP) is 0.309. The highest BCUT2D eigenvalue weighted by Crippen LogP contribution is 2.05. The molecule has 1 aliphatic rings. The molecule has 0 atom stereocenters. The Bertz CT molecular complexity index is 421. The molecule has 0 bridgehead atoms. The fourth-order valence-electron chi connectivity index (χ4n) is 2.07. The van der Waals surface area contributed by atoms with Gasteiger partial charge < -0.3 is 14.8 Å². The molecular weight excluding hydrogens is 216 g/mol. The van der Waals surface area contributed by atoms with Gasteiger partial charge in [0.05, 0.1) is 0 Å². The summed E-state index contributed by atoms with van der Waals surface area (Å²) in [6, 6.07) is 0. The van der Waals surface area contributed by atoms with E-state index < -0.39 is 0 Å². The van der Waals surface area contributed by atoms with Crippen molar-refractivity contribution in [2.24, 2.45) is 5.92 Å². The van der Waals surface area contributed by atoms with Gasteiger partial charge in [0.1, 0.15) is 0 Å². The van der Waals surface area contributed by atoms with Crippen LogP contribution in [-0.2, 0) is 6.54 Å². The van der Waals surface area contributed by atoms with Crippen molar-refractivity contribution in [1.82, 2.24) is 14.9 Å². The molecule has 17 heavy (non-hydrogen) atoms. The summed E-state index contributed by atoms with van der Waals surface area (Å²) in [6.07, 6.45) is 3.50. The van der Waals surface area contributed by atoms with Crippen molar-refractivity contribution in [3.63, 3.8) is 0 Å². The lowest BCUT2D eigenvalue weighted by molar-refractivity contribution is 0.505. The Balaban J connectivity index is 2.25. The molecule has 1 aliphatic heterocycles. The van der Waals surface area contributed by atoms with Crippen LogP contribution < -0.4 is 15.8 Å². The molecule has 0 spiro atoms. The Labute approximate surface area is 101 Å². The van der Waals surface area contributed by atoms with Crippen LogP contribution in [0.25, 0.3) is 0 Å². The minimum absolute atomic E-state index is 0.0306. The van der Waals surface area contributed by atoms with E-state index in [4.69, 9.17) is 0 Å². The van der Waals surface area contributed by atoms with Crippen LogP contribution in [0.3, 0.4) is 0 Å². The van der Waals surface area contributed by atoms with Gasteiger partial charge in [-0.3, -0.25) is 4.79 Å². The van der Waals surface area contributed by atoms with Crippen LogP contribution in [0.5, 0.6) is 0 Å². The Morgan fingerprint density at radius 1 is 1.41 bits per heavy atom. The first-order valence-corrected chi connectivity index (χ1v) is 6.19. The molecule has 2 heterocycles. The molecule has 1 saturated heterocycles. The van der Waals surface area contributed by atoms with Crippen LogP contribution >= 0.6 is 0 Å². The summed E-state index contributed by atoms with van der Waals surface area (Å²) in [7, 11) is 0. The lowest BCUT2D eigenvalue weighted by atomic mass is 10.2. The quantitative estimate of drug-likeness (QED) is 0.820. The van der Waals surface area contributed by atoms with Gasteiger partial charge in [-0.05, 0) is 5.92 Å². The zero-order valence-corrected chi connectivity index (χ0v) is 10.5. The van der Waals surface area contributed by atoms with E-state index in [1.54, 1.807) is 17.0 Å². The van der Waals surface area contributed by atoms with E-state index in [1.807, 2.05) is 0 Å². The molecule has 5 nitrogen and oxygen atoms in total. The molecule has 0 amide bonds. The summed E-state index contributed by atoms with van der Waals surface area (Å²) in [5.74, 6) is 1.06. The first-order chi connectivity index (χ1) is 8.18. The fourth-order valence-corrected chi connectivity index (χ4v) is 2.07. The number of anilines is 1. The van der Waals surface area contributed by atoms with E-state index in [0.717, 1.165) is 32.7 Å². The lowest BCUT2D eigenvalue weighted by Gasteiger charge is -2.28. The number of rotatable bonds is 3. The van der Waals surface area contributed by atoms with E-state index >= 15 is 0 Å². The molecule has 1 N–H and O–H groups in total. The average Bonchev–Trinajstić information content (AvgIpc) is 2.32. The van der Waals surface area contributed by atoms with E-state index in [1.165, 1.54) is 0 Å². The number of hydrogen-bond donors (Lipinski definition) is 1.